The molecule has 1 N–H and O–H groups in total. The van der Waals surface area contributed by atoms with Crippen LogP contribution in [0.2, 0.25) is 0 Å². The zero-order chi connectivity index (χ0) is 14.5. The Morgan fingerprint density at radius 3 is 2.45 bits per heavy atom. The van der Waals surface area contributed by atoms with Crippen LogP contribution in [0.15, 0.2) is 55.1 Å². The van der Waals surface area contributed by atoms with E-state index in [-0.39, 0.29) is 5.56 Å². The zero-order valence-corrected chi connectivity index (χ0v) is 11.3. The molecule has 102 valence electrons. The number of ether oxygens (including phenoxy) is 1. The Balaban J connectivity index is 2.19. The number of allylic oxidation sites excluding steroid dienone is 1. The molecule has 2 aromatic rings. The maximum atomic E-state index is 11.3. The first-order valence-corrected chi connectivity index (χ1v) is 6.28. The van der Waals surface area contributed by atoms with E-state index in [1.807, 2.05) is 30.3 Å². The summed E-state index contributed by atoms with van der Waals surface area (Å²) in [6.45, 7) is 5.98. The third-order valence-corrected chi connectivity index (χ3v) is 2.93. The van der Waals surface area contributed by atoms with Gasteiger partial charge < -0.3 is 9.84 Å². The van der Waals surface area contributed by atoms with Gasteiger partial charge >= 0.3 is 5.97 Å². The average molecular weight is 268 g/mol. The van der Waals surface area contributed by atoms with E-state index in [0.29, 0.717) is 17.9 Å². The highest BCUT2D eigenvalue weighted by atomic mass is 16.5. The normalized spacial score (nSPS) is 10.1. The number of rotatable bonds is 5. The molecule has 0 aliphatic carbocycles. The zero-order valence-electron chi connectivity index (χ0n) is 11.3. The van der Waals surface area contributed by atoms with Crippen molar-refractivity contribution in [2.75, 3.05) is 0 Å². The summed E-state index contributed by atoms with van der Waals surface area (Å²) < 4.78 is 5.62. The van der Waals surface area contributed by atoms with Crippen LogP contribution in [0.1, 0.15) is 28.4 Å². The number of carboxylic acids is 1. The molecule has 0 aromatic heterocycles. The molecular weight excluding hydrogens is 252 g/mol. The van der Waals surface area contributed by atoms with Crippen molar-refractivity contribution in [2.45, 2.75) is 13.5 Å². The second kappa shape index (κ2) is 6.06. The van der Waals surface area contributed by atoms with Crippen molar-refractivity contribution in [3.05, 3.63) is 71.8 Å². The molecule has 20 heavy (non-hydrogen) atoms. The molecule has 0 amide bonds. The number of hydrogen-bond acceptors (Lipinski definition) is 2. The second-order valence-electron chi connectivity index (χ2n) is 4.57. The first-order valence-electron chi connectivity index (χ1n) is 6.28. The minimum Gasteiger partial charge on any atom is -0.489 e. The third-order valence-electron chi connectivity index (χ3n) is 2.93. The molecule has 2 rings (SSSR count). The summed E-state index contributed by atoms with van der Waals surface area (Å²) in [6, 6.07) is 14.8. The molecule has 0 aliphatic heterocycles. The van der Waals surface area contributed by atoms with Gasteiger partial charge in [0.25, 0.3) is 0 Å². The van der Waals surface area contributed by atoms with E-state index in [9.17, 15) is 9.90 Å². The summed E-state index contributed by atoms with van der Waals surface area (Å²) in [5.74, 6) is -0.440. The monoisotopic (exact) mass is 268 g/mol. The molecule has 2 aromatic carbocycles. The lowest BCUT2D eigenvalue weighted by molar-refractivity contribution is 0.0696. The Kier molecular flexibility index (Phi) is 4.20. The van der Waals surface area contributed by atoms with Gasteiger partial charge in [0.1, 0.15) is 12.4 Å². The van der Waals surface area contributed by atoms with E-state index in [0.717, 1.165) is 11.1 Å². The van der Waals surface area contributed by atoms with Crippen LogP contribution in [-0.4, -0.2) is 11.1 Å². The van der Waals surface area contributed by atoms with Crippen molar-refractivity contribution in [1.29, 1.82) is 0 Å². The SMILES string of the molecule is C=C(C)c1ccc(OCc2ccccc2)cc1C(=O)O. The predicted molar refractivity (Wildman–Crippen MR) is 78.9 cm³/mol. The number of carboxylic acid groups (broad SMARTS) is 1. The Labute approximate surface area is 118 Å². The van der Waals surface area contributed by atoms with Gasteiger partial charge in [-0.2, -0.15) is 0 Å². The van der Waals surface area contributed by atoms with E-state index in [1.165, 1.54) is 6.07 Å². The summed E-state index contributed by atoms with van der Waals surface area (Å²) in [6.07, 6.45) is 0. The van der Waals surface area contributed by atoms with E-state index in [1.54, 1.807) is 19.1 Å². The first kappa shape index (κ1) is 13.9. The van der Waals surface area contributed by atoms with Gasteiger partial charge in [0.15, 0.2) is 0 Å². The molecule has 0 saturated carbocycles. The lowest BCUT2D eigenvalue weighted by Crippen LogP contribution is -2.03. The lowest BCUT2D eigenvalue weighted by Gasteiger charge is -2.10. The van der Waals surface area contributed by atoms with E-state index < -0.39 is 5.97 Å². The summed E-state index contributed by atoms with van der Waals surface area (Å²) in [4.78, 5) is 11.3. The number of hydrogen-bond donors (Lipinski definition) is 1. The Bertz CT molecular complexity index is 630. The fraction of sp³-hybridized carbons (Fsp3) is 0.118. The van der Waals surface area contributed by atoms with Crippen molar-refractivity contribution in [3.63, 3.8) is 0 Å². The van der Waals surface area contributed by atoms with Gasteiger partial charge in [-0.3, -0.25) is 0 Å². The van der Waals surface area contributed by atoms with Crippen molar-refractivity contribution in [2.24, 2.45) is 0 Å². The third kappa shape index (κ3) is 3.26. The van der Waals surface area contributed by atoms with Crippen LogP contribution in [0.3, 0.4) is 0 Å². The van der Waals surface area contributed by atoms with Gasteiger partial charge in [-0.05, 0) is 30.2 Å². The minimum atomic E-state index is -0.979. The first-order chi connectivity index (χ1) is 9.58. The van der Waals surface area contributed by atoms with Crippen molar-refractivity contribution < 1.29 is 14.6 Å². The van der Waals surface area contributed by atoms with Crippen LogP contribution in [0.5, 0.6) is 5.75 Å². The number of benzene rings is 2. The van der Waals surface area contributed by atoms with Gasteiger partial charge in [-0.25, -0.2) is 4.79 Å². The van der Waals surface area contributed by atoms with Crippen molar-refractivity contribution in [3.8, 4) is 5.75 Å². The van der Waals surface area contributed by atoms with Crippen molar-refractivity contribution in [1.82, 2.24) is 0 Å². The fourth-order valence-corrected chi connectivity index (χ4v) is 1.90. The van der Waals surface area contributed by atoms with Gasteiger partial charge in [-0.15, -0.1) is 0 Å². The van der Waals surface area contributed by atoms with Crippen LogP contribution in [-0.2, 0) is 6.61 Å². The summed E-state index contributed by atoms with van der Waals surface area (Å²) in [5, 5.41) is 9.23. The number of carbonyl (C=O) groups is 1. The fourth-order valence-electron chi connectivity index (χ4n) is 1.90. The molecule has 0 saturated heterocycles. The smallest absolute Gasteiger partial charge is 0.336 e. The van der Waals surface area contributed by atoms with Crippen LogP contribution in [0.4, 0.5) is 0 Å². The van der Waals surface area contributed by atoms with Crippen LogP contribution < -0.4 is 4.74 Å². The Hall–Kier alpha value is -2.55. The molecule has 0 radical (unpaired) electrons. The standard InChI is InChI=1S/C17H16O3/c1-12(2)15-9-8-14(10-16(15)17(18)19)20-11-13-6-4-3-5-7-13/h3-10H,1,11H2,2H3,(H,18,19). The highest BCUT2D eigenvalue weighted by Gasteiger charge is 2.12. The molecule has 3 heteroatoms. The molecule has 0 spiro atoms. The van der Waals surface area contributed by atoms with Gasteiger partial charge in [0.2, 0.25) is 0 Å². The van der Waals surface area contributed by atoms with E-state index >= 15 is 0 Å². The molecule has 0 fully saturated rings. The topological polar surface area (TPSA) is 46.5 Å². The quantitative estimate of drug-likeness (QED) is 0.891. The second-order valence-corrected chi connectivity index (χ2v) is 4.57. The summed E-state index contributed by atoms with van der Waals surface area (Å²) >= 11 is 0. The van der Waals surface area contributed by atoms with Gasteiger partial charge in [-0.1, -0.05) is 48.6 Å². The highest BCUT2D eigenvalue weighted by Crippen LogP contribution is 2.23. The minimum absolute atomic E-state index is 0.211. The Morgan fingerprint density at radius 1 is 1.15 bits per heavy atom. The van der Waals surface area contributed by atoms with E-state index in [2.05, 4.69) is 6.58 Å². The molecule has 0 heterocycles. The van der Waals surface area contributed by atoms with Gasteiger partial charge in [0, 0.05) is 0 Å². The largest absolute Gasteiger partial charge is 0.489 e. The highest BCUT2D eigenvalue weighted by molar-refractivity contribution is 5.94. The van der Waals surface area contributed by atoms with Gasteiger partial charge in [0.05, 0.1) is 5.56 Å². The molecule has 0 aliphatic rings. The lowest BCUT2D eigenvalue weighted by atomic mass is 10.0. The predicted octanol–water partition coefficient (Wildman–Crippen LogP) is 4.00. The summed E-state index contributed by atoms with van der Waals surface area (Å²) in [5.41, 5.74) is 2.60. The number of aromatic carboxylic acids is 1. The molecule has 3 nitrogen and oxygen atoms in total. The van der Waals surface area contributed by atoms with E-state index in [4.69, 9.17) is 4.74 Å². The van der Waals surface area contributed by atoms with Crippen molar-refractivity contribution >= 4 is 11.5 Å². The molecule has 0 bridgehead atoms. The molecule has 0 atom stereocenters. The average Bonchev–Trinajstić information content (AvgIpc) is 2.45. The molecular formula is C17H16O3. The van der Waals surface area contributed by atoms with Crippen LogP contribution in [0.25, 0.3) is 5.57 Å². The van der Waals surface area contributed by atoms with Crippen LogP contribution >= 0.6 is 0 Å². The summed E-state index contributed by atoms with van der Waals surface area (Å²) in [7, 11) is 0. The van der Waals surface area contributed by atoms with Crippen LogP contribution in [0, 0.1) is 0 Å². The Morgan fingerprint density at radius 2 is 1.85 bits per heavy atom. The molecule has 0 unspecified atom stereocenters. The maximum absolute atomic E-state index is 11.3. The maximum Gasteiger partial charge on any atom is 0.336 e.